The first kappa shape index (κ1) is 16.2. The molecule has 0 unspecified atom stereocenters. The monoisotopic (exact) mass is 317 g/mol. The summed E-state index contributed by atoms with van der Waals surface area (Å²) in [5, 5.41) is 8.35. The van der Waals surface area contributed by atoms with Crippen molar-refractivity contribution in [2.45, 2.75) is 82.8 Å². The fraction of sp³-hybridized carbons (Fsp3) is 0.722. The number of hydrogen-bond acceptors (Lipinski definition) is 4. The van der Waals surface area contributed by atoms with Crippen molar-refractivity contribution >= 4 is 12.0 Å². The van der Waals surface area contributed by atoms with Crippen LogP contribution in [0.5, 0.6) is 0 Å². The van der Waals surface area contributed by atoms with Gasteiger partial charge in [-0.2, -0.15) is 0 Å². The first-order valence-corrected chi connectivity index (χ1v) is 9.12. The van der Waals surface area contributed by atoms with Gasteiger partial charge in [-0.1, -0.05) is 37.3 Å². The van der Waals surface area contributed by atoms with Crippen LogP contribution in [-0.4, -0.2) is 27.1 Å². The van der Waals surface area contributed by atoms with Gasteiger partial charge in [-0.15, -0.1) is 5.10 Å². The summed E-state index contributed by atoms with van der Waals surface area (Å²) in [6.07, 6.45) is 18.3. The Hall–Kier alpha value is -1.65. The number of carbonyl (C=O) groups excluding carboxylic acids is 1. The SMILES string of the molecule is O=C(/C=C/c1cn(C2CCCCC2)nn1)OC1CCCCCC1. The minimum Gasteiger partial charge on any atom is -0.459 e. The van der Waals surface area contributed by atoms with Crippen LogP contribution in [0.1, 0.15) is 82.4 Å². The number of rotatable bonds is 4. The molecule has 0 amide bonds. The van der Waals surface area contributed by atoms with Gasteiger partial charge >= 0.3 is 5.97 Å². The molecule has 1 aromatic heterocycles. The summed E-state index contributed by atoms with van der Waals surface area (Å²) in [7, 11) is 0. The summed E-state index contributed by atoms with van der Waals surface area (Å²) in [4.78, 5) is 11.9. The van der Waals surface area contributed by atoms with E-state index in [-0.39, 0.29) is 12.1 Å². The zero-order chi connectivity index (χ0) is 15.9. The van der Waals surface area contributed by atoms with Gasteiger partial charge in [-0.3, -0.25) is 0 Å². The molecule has 2 aliphatic carbocycles. The van der Waals surface area contributed by atoms with Crippen molar-refractivity contribution in [2.24, 2.45) is 0 Å². The lowest BCUT2D eigenvalue weighted by molar-refractivity contribution is -0.143. The predicted molar refractivity (Wildman–Crippen MR) is 88.8 cm³/mol. The molecule has 0 spiro atoms. The lowest BCUT2D eigenvalue weighted by atomic mass is 9.96. The largest absolute Gasteiger partial charge is 0.459 e. The quantitative estimate of drug-likeness (QED) is 0.477. The Morgan fingerprint density at radius 2 is 1.70 bits per heavy atom. The van der Waals surface area contributed by atoms with Crippen LogP contribution in [0, 0.1) is 0 Å². The van der Waals surface area contributed by atoms with Gasteiger partial charge in [0.25, 0.3) is 0 Å². The van der Waals surface area contributed by atoms with Gasteiger partial charge in [-0.25, -0.2) is 9.48 Å². The van der Waals surface area contributed by atoms with Crippen LogP contribution in [-0.2, 0) is 9.53 Å². The van der Waals surface area contributed by atoms with Crippen LogP contribution >= 0.6 is 0 Å². The van der Waals surface area contributed by atoms with Gasteiger partial charge in [0, 0.05) is 6.08 Å². The maximum absolute atomic E-state index is 11.9. The van der Waals surface area contributed by atoms with Crippen LogP contribution in [0.3, 0.4) is 0 Å². The smallest absolute Gasteiger partial charge is 0.331 e. The summed E-state index contributed by atoms with van der Waals surface area (Å²) in [5.74, 6) is -0.260. The van der Waals surface area contributed by atoms with Gasteiger partial charge in [-0.05, 0) is 44.6 Å². The topological polar surface area (TPSA) is 57.0 Å². The van der Waals surface area contributed by atoms with E-state index in [2.05, 4.69) is 10.3 Å². The number of carbonyl (C=O) groups is 1. The molecule has 2 saturated carbocycles. The Labute approximate surface area is 138 Å². The second kappa shape index (κ2) is 8.27. The third-order valence-corrected chi connectivity index (χ3v) is 4.95. The number of aromatic nitrogens is 3. The molecule has 126 valence electrons. The highest BCUT2D eigenvalue weighted by molar-refractivity contribution is 5.86. The second-order valence-electron chi connectivity index (χ2n) is 6.80. The third kappa shape index (κ3) is 4.91. The molecular weight excluding hydrogens is 290 g/mol. The molecule has 5 heteroatoms. The number of nitrogens with zero attached hydrogens (tertiary/aromatic N) is 3. The van der Waals surface area contributed by atoms with Crippen molar-refractivity contribution < 1.29 is 9.53 Å². The summed E-state index contributed by atoms with van der Waals surface area (Å²) in [5.41, 5.74) is 0.730. The van der Waals surface area contributed by atoms with E-state index >= 15 is 0 Å². The molecule has 0 aliphatic heterocycles. The second-order valence-corrected chi connectivity index (χ2v) is 6.80. The molecule has 0 N–H and O–H groups in total. The van der Waals surface area contributed by atoms with Gasteiger partial charge < -0.3 is 4.74 Å². The highest BCUT2D eigenvalue weighted by atomic mass is 16.5. The minimum absolute atomic E-state index is 0.0903. The van der Waals surface area contributed by atoms with Crippen LogP contribution < -0.4 is 0 Å². The molecule has 2 aliphatic rings. The van der Waals surface area contributed by atoms with E-state index in [0.29, 0.717) is 6.04 Å². The molecule has 0 bridgehead atoms. The number of esters is 1. The van der Waals surface area contributed by atoms with Crippen LogP contribution in [0.15, 0.2) is 12.3 Å². The summed E-state index contributed by atoms with van der Waals surface area (Å²) in [6.45, 7) is 0. The van der Waals surface area contributed by atoms with Crippen molar-refractivity contribution in [3.05, 3.63) is 18.0 Å². The van der Waals surface area contributed by atoms with Crippen molar-refractivity contribution in [1.82, 2.24) is 15.0 Å². The molecule has 2 fully saturated rings. The molecule has 0 atom stereocenters. The van der Waals surface area contributed by atoms with E-state index in [9.17, 15) is 4.79 Å². The van der Waals surface area contributed by atoms with Gasteiger partial charge in [0.15, 0.2) is 0 Å². The lowest BCUT2D eigenvalue weighted by Gasteiger charge is -2.20. The van der Waals surface area contributed by atoms with Crippen molar-refractivity contribution in [2.75, 3.05) is 0 Å². The average Bonchev–Trinajstić information content (AvgIpc) is 2.91. The molecule has 1 heterocycles. The minimum atomic E-state index is -0.260. The Kier molecular flexibility index (Phi) is 5.83. The first-order valence-electron chi connectivity index (χ1n) is 9.12. The average molecular weight is 317 g/mol. The van der Waals surface area contributed by atoms with Crippen LogP contribution in [0.2, 0.25) is 0 Å². The molecule has 0 saturated heterocycles. The van der Waals surface area contributed by atoms with Gasteiger partial charge in [0.1, 0.15) is 11.8 Å². The van der Waals surface area contributed by atoms with Crippen molar-refractivity contribution in [3.8, 4) is 0 Å². The van der Waals surface area contributed by atoms with E-state index in [0.717, 1.165) is 31.4 Å². The summed E-state index contributed by atoms with van der Waals surface area (Å²) >= 11 is 0. The predicted octanol–water partition coefficient (Wildman–Crippen LogP) is 4.06. The van der Waals surface area contributed by atoms with E-state index in [1.54, 1.807) is 6.08 Å². The number of hydrogen-bond donors (Lipinski definition) is 0. The lowest BCUT2D eigenvalue weighted by Crippen LogP contribution is -2.15. The molecular formula is C18H27N3O2. The maximum Gasteiger partial charge on any atom is 0.331 e. The van der Waals surface area contributed by atoms with Gasteiger partial charge in [0.05, 0.1) is 12.2 Å². The fourth-order valence-corrected chi connectivity index (χ4v) is 3.61. The van der Waals surface area contributed by atoms with Crippen molar-refractivity contribution in [3.63, 3.8) is 0 Å². The Bertz CT molecular complexity index is 524. The van der Waals surface area contributed by atoms with E-state index < -0.39 is 0 Å². The molecule has 5 nitrogen and oxygen atoms in total. The molecule has 1 aromatic rings. The standard InChI is InChI=1S/C18H27N3O2/c22-18(23-17-10-6-1-2-7-11-17)13-12-15-14-21(20-19-15)16-8-4-3-5-9-16/h12-14,16-17H,1-11H2/b13-12+. The van der Waals surface area contributed by atoms with E-state index in [4.69, 9.17) is 4.74 Å². The van der Waals surface area contributed by atoms with Crippen LogP contribution in [0.4, 0.5) is 0 Å². The normalized spacial score (nSPS) is 21.4. The molecule has 23 heavy (non-hydrogen) atoms. The molecule has 3 rings (SSSR count). The third-order valence-electron chi connectivity index (χ3n) is 4.95. The highest BCUT2D eigenvalue weighted by Crippen LogP contribution is 2.27. The Morgan fingerprint density at radius 3 is 2.43 bits per heavy atom. The fourth-order valence-electron chi connectivity index (χ4n) is 3.61. The van der Waals surface area contributed by atoms with Gasteiger partial charge in [0.2, 0.25) is 0 Å². The van der Waals surface area contributed by atoms with E-state index in [1.807, 2.05) is 10.9 Å². The van der Waals surface area contributed by atoms with E-state index in [1.165, 1.54) is 51.0 Å². The number of ether oxygens (including phenoxy) is 1. The molecule has 0 aromatic carbocycles. The van der Waals surface area contributed by atoms with Crippen molar-refractivity contribution in [1.29, 1.82) is 0 Å². The maximum atomic E-state index is 11.9. The van der Waals surface area contributed by atoms with Crippen LogP contribution in [0.25, 0.3) is 6.08 Å². The Morgan fingerprint density at radius 1 is 1.04 bits per heavy atom. The molecule has 0 radical (unpaired) electrons. The summed E-state index contributed by atoms with van der Waals surface area (Å²) < 4.78 is 7.49. The Balaban J connectivity index is 1.50. The zero-order valence-corrected chi connectivity index (χ0v) is 13.8. The zero-order valence-electron chi connectivity index (χ0n) is 13.8. The highest BCUT2D eigenvalue weighted by Gasteiger charge is 2.17. The first-order chi connectivity index (χ1) is 11.3. The summed E-state index contributed by atoms with van der Waals surface area (Å²) in [6, 6.07) is 0.469.